The van der Waals surface area contributed by atoms with Crippen LogP contribution in [0.2, 0.25) is 0 Å². The van der Waals surface area contributed by atoms with Crippen molar-refractivity contribution in [2.75, 3.05) is 13.1 Å². The minimum Gasteiger partial charge on any atom is -0.387 e. The third-order valence-electron chi connectivity index (χ3n) is 2.74. The van der Waals surface area contributed by atoms with E-state index in [1.54, 1.807) is 11.3 Å². The second kappa shape index (κ2) is 7.04. The minimum atomic E-state index is -0.454. The largest absolute Gasteiger partial charge is 0.387 e. The van der Waals surface area contributed by atoms with E-state index in [9.17, 15) is 5.11 Å². The van der Waals surface area contributed by atoms with Gasteiger partial charge >= 0.3 is 0 Å². The monoisotopic (exact) mass is 325 g/mol. The van der Waals surface area contributed by atoms with Crippen molar-refractivity contribution in [1.29, 1.82) is 0 Å². The van der Waals surface area contributed by atoms with Gasteiger partial charge in [0, 0.05) is 11.0 Å². The van der Waals surface area contributed by atoms with E-state index in [0.29, 0.717) is 6.54 Å². The molecule has 1 aromatic carbocycles. The van der Waals surface area contributed by atoms with Gasteiger partial charge in [-0.3, -0.25) is 0 Å². The summed E-state index contributed by atoms with van der Waals surface area (Å²) in [5.41, 5.74) is 2.29. The number of halogens is 1. The van der Waals surface area contributed by atoms with Crippen LogP contribution < -0.4 is 5.32 Å². The van der Waals surface area contributed by atoms with Crippen LogP contribution in [0, 0.1) is 0 Å². The summed E-state index contributed by atoms with van der Waals surface area (Å²) < 4.78 is 0.998. The number of thiophene rings is 1. The van der Waals surface area contributed by atoms with Crippen molar-refractivity contribution in [3.05, 3.63) is 56.7 Å². The average Bonchev–Trinajstić information content (AvgIpc) is 2.87. The van der Waals surface area contributed by atoms with E-state index in [-0.39, 0.29) is 0 Å². The Hall–Kier alpha value is -0.680. The first-order chi connectivity index (χ1) is 8.75. The van der Waals surface area contributed by atoms with Crippen LogP contribution in [0.3, 0.4) is 0 Å². The van der Waals surface area contributed by atoms with E-state index in [2.05, 4.69) is 38.1 Å². The lowest BCUT2D eigenvalue weighted by molar-refractivity contribution is 0.175. The second-order valence-corrected chi connectivity index (χ2v) is 5.85. The summed E-state index contributed by atoms with van der Waals surface area (Å²) in [6.07, 6.45) is 0.555. The quantitative estimate of drug-likeness (QED) is 0.798. The molecule has 0 bridgehead atoms. The fraction of sp³-hybridized carbons (Fsp3) is 0.286. The molecule has 1 heterocycles. The van der Waals surface area contributed by atoms with E-state index in [1.807, 2.05) is 24.3 Å². The first-order valence-corrected chi connectivity index (χ1v) is 7.64. The van der Waals surface area contributed by atoms with Gasteiger partial charge < -0.3 is 10.4 Å². The fourth-order valence-corrected chi connectivity index (χ4v) is 2.86. The maximum absolute atomic E-state index is 10.0. The average molecular weight is 326 g/mol. The molecule has 2 aromatic rings. The molecule has 2 nitrogen and oxygen atoms in total. The van der Waals surface area contributed by atoms with Crippen LogP contribution in [-0.2, 0) is 6.42 Å². The summed E-state index contributed by atoms with van der Waals surface area (Å²) in [6, 6.07) is 9.92. The van der Waals surface area contributed by atoms with E-state index in [1.165, 1.54) is 5.56 Å². The summed E-state index contributed by atoms with van der Waals surface area (Å²) in [5, 5.41) is 17.5. The number of benzene rings is 1. The molecule has 1 unspecified atom stereocenters. The highest BCUT2D eigenvalue weighted by atomic mass is 79.9. The Morgan fingerprint density at radius 3 is 2.94 bits per heavy atom. The molecule has 1 atom stereocenters. The predicted octanol–water partition coefficient (Wildman–Crippen LogP) is 3.38. The molecule has 0 saturated heterocycles. The van der Waals surface area contributed by atoms with Crippen molar-refractivity contribution in [1.82, 2.24) is 5.32 Å². The number of rotatable bonds is 6. The van der Waals surface area contributed by atoms with Crippen molar-refractivity contribution in [2.24, 2.45) is 0 Å². The van der Waals surface area contributed by atoms with Crippen molar-refractivity contribution in [2.45, 2.75) is 12.5 Å². The summed E-state index contributed by atoms with van der Waals surface area (Å²) in [5.74, 6) is 0. The molecule has 0 amide bonds. The molecule has 0 spiro atoms. The molecule has 0 fully saturated rings. The van der Waals surface area contributed by atoms with Crippen LogP contribution in [0.1, 0.15) is 17.2 Å². The molecule has 18 heavy (non-hydrogen) atoms. The molecular formula is C14H16BrNOS. The topological polar surface area (TPSA) is 32.3 Å². The molecule has 0 aliphatic heterocycles. The molecular weight excluding hydrogens is 310 g/mol. The Bertz CT molecular complexity index is 472. The Morgan fingerprint density at radius 2 is 2.22 bits per heavy atom. The van der Waals surface area contributed by atoms with Crippen LogP contribution in [0.15, 0.2) is 45.6 Å². The molecule has 0 radical (unpaired) electrons. The number of aliphatic hydroxyl groups is 1. The summed E-state index contributed by atoms with van der Waals surface area (Å²) >= 11 is 5.13. The van der Waals surface area contributed by atoms with Gasteiger partial charge in [0.05, 0.1) is 6.10 Å². The number of hydrogen-bond acceptors (Lipinski definition) is 3. The molecule has 1 aromatic heterocycles. The highest BCUT2D eigenvalue weighted by Gasteiger charge is 2.06. The Morgan fingerprint density at radius 1 is 1.33 bits per heavy atom. The van der Waals surface area contributed by atoms with Crippen molar-refractivity contribution in [3.63, 3.8) is 0 Å². The summed E-state index contributed by atoms with van der Waals surface area (Å²) in [7, 11) is 0. The van der Waals surface area contributed by atoms with Crippen LogP contribution >= 0.6 is 27.3 Å². The van der Waals surface area contributed by atoms with Gasteiger partial charge in [0.2, 0.25) is 0 Å². The zero-order chi connectivity index (χ0) is 12.8. The normalized spacial score (nSPS) is 12.6. The third kappa shape index (κ3) is 4.21. The van der Waals surface area contributed by atoms with Gasteiger partial charge in [-0.25, -0.2) is 0 Å². The highest BCUT2D eigenvalue weighted by molar-refractivity contribution is 9.10. The highest BCUT2D eigenvalue weighted by Crippen LogP contribution is 2.17. The lowest BCUT2D eigenvalue weighted by Gasteiger charge is -2.12. The second-order valence-electron chi connectivity index (χ2n) is 4.16. The zero-order valence-corrected chi connectivity index (χ0v) is 12.4. The van der Waals surface area contributed by atoms with Crippen molar-refractivity contribution < 1.29 is 5.11 Å². The smallest absolute Gasteiger partial charge is 0.0914 e. The number of aliphatic hydroxyl groups excluding tert-OH is 1. The SMILES string of the molecule is OC(CNCCc1ccsc1)c1cccc(Br)c1. The number of nitrogens with one attached hydrogen (secondary N) is 1. The maximum Gasteiger partial charge on any atom is 0.0914 e. The van der Waals surface area contributed by atoms with Gasteiger partial charge in [-0.05, 0) is 53.1 Å². The molecule has 0 saturated carbocycles. The van der Waals surface area contributed by atoms with E-state index in [4.69, 9.17) is 0 Å². The van der Waals surface area contributed by atoms with Gasteiger partial charge in [-0.2, -0.15) is 11.3 Å². The zero-order valence-electron chi connectivity index (χ0n) is 9.97. The first-order valence-electron chi connectivity index (χ1n) is 5.91. The lowest BCUT2D eigenvalue weighted by atomic mass is 10.1. The van der Waals surface area contributed by atoms with Crippen molar-refractivity contribution >= 4 is 27.3 Å². The summed E-state index contributed by atoms with van der Waals surface area (Å²) in [6.45, 7) is 1.47. The Balaban J connectivity index is 1.73. The first kappa shape index (κ1) is 13.7. The van der Waals surface area contributed by atoms with Crippen LogP contribution in [0.5, 0.6) is 0 Å². The molecule has 2 rings (SSSR count). The number of hydrogen-bond donors (Lipinski definition) is 2. The Labute approximate surface area is 120 Å². The van der Waals surface area contributed by atoms with Crippen molar-refractivity contribution in [3.8, 4) is 0 Å². The molecule has 0 aliphatic carbocycles. The van der Waals surface area contributed by atoms with Gasteiger partial charge in [0.25, 0.3) is 0 Å². The van der Waals surface area contributed by atoms with E-state index < -0.39 is 6.10 Å². The molecule has 2 N–H and O–H groups in total. The molecule has 0 aliphatic rings. The van der Waals surface area contributed by atoms with Crippen LogP contribution in [0.25, 0.3) is 0 Å². The Kier molecular flexibility index (Phi) is 5.38. The molecule has 4 heteroatoms. The van der Waals surface area contributed by atoms with Gasteiger partial charge in [-0.1, -0.05) is 28.1 Å². The fourth-order valence-electron chi connectivity index (χ4n) is 1.74. The van der Waals surface area contributed by atoms with Gasteiger partial charge in [0.1, 0.15) is 0 Å². The van der Waals surface area contributed by atoms with E-state index >= 15 is 0 Å². The van der Waals surface area contributed by atoms with Gasteiger partial charge in [-0.15, -0.1) is 0 Å². The summed E-state index contributed by atoms with van der Waals surface area (Å²) in [4.78, 5) is 0. The van der Waals surface area contributed by atoms with Crippen LogP contribution in [-0.4, -0.2) is 18.2 Å². The van der Waals surface area contributed by atoms with E-state index in [0.717, 1.165) is 23.0 Å². The minimum absolute atomic E-state index is 0.454. The predicted molar refractivity (Wildman–Crippen MR) is 80.0 cm³/mol. The lowest BCUT2D eigenvalue weighted by Crippen LogP contribution is -2.23. The van der Waals surface area contributed by atoms with Gasteiger partial charge in [0.15, 0.2) is 0 Å². The van der Waals surface area contributed by atoms with Crippen LogP contribution in [0.4, 0.5) is 0 Å². The third-order valence-corrected chi connectivity index (χ3v) is 3.97. The molecule has 96 valence electrons. The maximum atomic E-state index is 10.0. The standard InChI is InChI=1S/C14H16BrNOS/c15-13-3-1-2-12(8-13)14(17)9-16-6-4-11-5-7-18-10-11/h1-3,5,7-8,10,14,16-17H,4,6,9H2.